The molecule has 0 aliphatic heterocycles. The van der Waals surface area contributed by atoms with Gasteiger partial charge in [-0.1, -0.05) is 29.8 Å². The number of rotatable bonds is 6. The Bertz CT molecular complexity index is 836. The summed E-state index contributed by atoms with van der Waals surface area (Å²) < 4.78 is 6.79. The second-order valence-electron chi connectivity index (χ2n) is 5.78. The summed E-state index contributed by atoms with van der Waals surface area (Å²) in [6, 6.07) is 17.8. The molecule has 3 rings (SSSR count). The molecule has 128 valence electrons. The first kappa shape index (κ1) is 16.8. The molecule has 0 bridgehead atoms. The van der Waals surface area contributed by atoms with Crippen molar-refractivity contribution in [3.8, 4) is 5.69 Å². The highest BCUT2D eigenvalue weighted by Crippen LogP contribution is 2.17. The fourth-order valence-electron chi connectivity index (χ4n) is 2.46. The number of hydrogen-bond donors (Lipinski definition) is 1. The predicted octanol–water partition coefficient (Wildman–Crippen LogP) is 4.03. The van der Waals surface area contributed by atoms with Crippen molar-refractivity contribution in [1.82, 2.24) is 9.78 Å². The van der Waals surface area contributed by atoms with Crippen molar-refractivity contribution in [2.24, 2.45) is 0 Å². The first-order chi connectivity index (χ1) is 12.1. The molecule has 0 fully saturated rings. The normalized spacial score (nSPS) is 10.5. The zero-order chi connectivity index (χ0) is 17.6. The number of carbonyl (C=O) groups excluding carboxylic acids is 1. The third-order valence-corrected chi connectivity index (χ3v) is 3.77. The van der Waals surface area contributed by atoms with Gasteiger partial charge in [-0.05, 0) is 43.7 Å². The van der Waals surface area contributed by atoms with Gasteiger partial charge < -0.3 is 10.1 Å². The second kappa shape index (κ2) is 7.66. The molecule has 5 heteroatoms. The maximum Gasteiger partial charge on any atom is 0.310 e. The minimum Gasteiger partial charge on any atom is -0.466 e. The van der Waals surface area contributed by atoms with E-state index < -0.39 is 0 Å². The molecular formula is C20H21N3O2. The number of aromatic nitrogens is 2. The van der Waals surface area contributed by atoms with E-state index in [1.165, 1.54) is 5.56 Å². The quantitative estimate of drug-likeness (QED) is 0.691. The van der Waals surface area contributed by atoms with Gasteiger partial charge in [-0.2, -0.15) is 5.10 Å². The highest BCUT2D eigenvalue weighted by atomic mass is 16.5. The number of ether oxygens (including phenoxy) is 1. The van der Waals surface area contributed by atoms with Crippen molar-refractivity contribution < 1.29 is 9.53 Å². The molecule has 3 aromatic rings. The highest BCUT2D eigenvalue weighted by Gasteiger charge is 2.05. The molecular weight excluding hydrogens is 314 g/mol. The smallest absolute Gasteiger partial charge is 0.310 e. The maximum atomic E-state index is 11.5. The second-order valence-corrected chi connectivity index (χ2v) is 5.78. The van der Waals surface area contributed by atoms with E-state index in [2.05, 4.69) is 29.5 Å². The van der Waals surface area contributed by atoms with E-state index in [4.69, 9.17) is 4.74 Å². The summed E-state index contributed by atoms with van der Waals surface area (Å²) in [5.41, 5.74) is 4.08. The molecule has 1 heterocycles. The van der Waals surface area contributed by atoms with Crippen LogP contribution in [0.25, 0.3) is 5.69 Å². The molecule has 0 saturated carbocycles. The zero-order valence-corrected chi connectivity index (χ0v) is 14.4. The first-order valence-corrected chi connectivity index (χ1v) is 8.28. The lowest BCUT2D eigenvalue weighted by molar-refractivity contribution is -0.142. The van der Waals surface area contributed by atoms with Gasteiger partial charge in [-0.15, -0.1) is 0 Å². The third-order valence-electron chi connectivity index (χ3n) is 3.77. The Labute approximate surface area is 147 Å². The Morgan fingerprint density at radius 3 is 2.48 bits per heavy atom. The molecule has 0 atom stereocenters. The van der Waals surface area contributed by atoms with Crippen LogP contribution in [-0.2, 0) is 16.0 Å². The Hall–Kier alpha value is -3.08. The Balaban J connectivity index is 1.65. The molecule has 0 aliphatic carbocycles. The number of nitrogens with one attached hydrogen (secondary N) is 1. The summed E-state index contributed by atoms with van der Waals surface area (Å²) in [7, 11) is 0. The van der Waals surface area contributed by atoms with Gasteiger partial charge in [-0.25, -0.2) is 4.68 Å². The molecule has 2 aromatic carbocycles. The van der Waals surface area contributed by atoms with Crippen molar-refractivity contribution in [1.29, 1.82) is 0 Å². The zero-order valence-electron chi connectivity index (χ0n) is 14.4. The van der Waals surface area contributed by atoms with E-state index in [1.807, 2.05) is 53.3 Å². The van der Waals surface area contributed by atoms with E-state index in [-0.39, 0.29) is 12.4 Å². The number of nitrogens with zero attached hydrogens (tertiary/aromatic N) is 2. The topological polar surface area (TPSA) is 56.1 Å². The Morgan fingerprint density at radius 2 is 1.80 bits per heavy atom. The molecule has 0 spiro atoms. The van der Waals surface area contributed by atoms with E-state index in [0.29, 0.717) is 6.61 Å². The summed E-state index contributed by atoms with van der Waals surface area (Å²) in [6.45, 7) is 4.27. The number of esters is 1. The molecule has 25 heavy (non-hydrogen) atoms. The van der Waals surface area contributed by atoms with Gasteiger partial charge in [0.25, 0.3) is 0 Å². The third kappa shape index (κ3) is 4.47. The minimum atomic E-state index is -0.208. The van der Waals surface area contributed by atoms with Gasteiger partial charge in [0, 0.05) is 18.0 Å². The Kier molecular flexibility index (Phi) is 5.14. The monoisotopic (exact) mass is 335 g/mol. The van der Waals surface area contributed by atoms with Crippen LogP contribution < -0.4 is 5.32 Å². The van der Waals surface area contributed by atoms with Crippen LogP contribution in [0.2, 0.25) is 0 Å². The van der Waals surface area contributed by atoms with Crippen molar-refractivity contribution in [3.05, 3.63) is 71.9 Å². The molecule has 0 amide bonds. The van der Waals surface area contributed by atoms with Crippen LogP contribution in [0.15, 0.2) is 60.8 Å². The van der Waals surface area contributed by atoms with Gasteiger partial charge in [0.05, 0.1) is 18.7 Å². The fraction of sp³-hybridized carbons (Fsp3) is 0.200. The number of aryl methyl sites for hydroxylation is 1. The minimum absolute atomic E-state index is 0.208. The first-order valence-electron chi connectivity index (χ1n) is 8.28. The van der Waals surface area contributed by atoms with Crippen molar-refractivity contribution in [2.45, 2.75) is 20.3 Å². The van der Waals surface area contributed by atoms with Gasteiger partial charge in [0.1, 0.15) is 0 Å². The summed E-state index contributed by atoms with van der Waals surface area (Å²) in [5.74, 6) is 0.554. The summed E-state index contributed by atoms with van der Waals surface area (Å²) >= 11 is 0. The van der Waals surface area contributed by atoms with E-state index in [9.17, 15) is 4.79 Å². The molecule has 1 N–H and O–H groups in total. The van der Waals surface area contributed by atoms with Crippen LogP contribution in [-0.4, -0.2) is 22.4 Å². The lowest BCUT2D eigenvalue weighted by atomic mass is 10.1. The van der Waals surface area contributed by atoms with Gasteiger partial charge in [0.2, 0.25) is 0 Å². The molecule has 0 radical (unpaired) electrons. The van der Waals surface area contributed by atoms with Crippen molar-refractivity contribution in [2.75, 3.05) is 11.9 Å². The average Bonchev–Trinajstić information content (AvgIpc) is 3.06. The lowest BCUT2D eigenvalue weighted by Gasteiger charge is -2.06. The van der Waals surface area contributed by atoms with Crippen LogP contribution >= 0.6 is 0 Å². The standard InChI is InChI=1S/C20H21N3O2/c1-3-25-20(24)14-16-6-8-17(9-7-16)21-19-12-13-23(22-19)18-10-4-15(2)5-11-18/h4-13H,3,14H2,1-2H3,(H,21,22). The fourth-order valence-corrected chi connectivity index (χ4v) is 2.46. The van der Waals surface area contributed by atoms with Crippen LogP contribution in [0, 0.1) is 6.92 Å². The summed E-state index contributed by atoms with van der Waals surface area (Å²) in [6.07, 6.45) is 2.21. The van der Waals surface area contributed by atoms with Gasteiger partial charge in [-0.3, -0.25) is 4.79 Å². The highest BCUT2D eigenvalue weighted by molar-refractivity contribution is 5.72. The summed E-state index contributed by atoms with van der Waals surface area (Å²) in [4.78, 5) is 11.5. The van der Waals surface area contributed by atoms with E-state index >= 15 is 0 Å². The van der Waals surface area contributed by atoms with Crippen LogP contribution in [0.3, 0.4) is 0 Å². The van der Waals surface area contributed by atoms with Crippen molar-refractivity contribution >= 4 is 17.5 Å². The SMILES string of the molecule is CCOC(=O)Cc1ccc(Nc2ccn(-c3ccc(C)cc3)n2)cc1. The number of hydrogen-bond acceptors (Lipinski definition) is 4. The predicted molar refractivity (Wildman–Crippen MR) is 98.4 cm³/mol. The number of benzene rings is 2. The lowest BCUT2D eigenvalue weighted by Crippen LogP contribution is -2.07. The largest absolute Gasteiger partial charge is 0.466 e. The molecule has 0 unspecified atom stereocenters. The van der Waals surface area contributed by atoms with Crippen LogP contribution in [0.4, 0.5) is 11.5 Å². The summed E-state index contributed by atoms with van der Waals surface area (Å²) in [5, 5.41) is 7.80. The van der Waals surface area contributed by atoms with Gasteiger partial charge >= 0.3 is 5.97 Å². The molecule has 0 aliphatic rings. The average molecular weight is 335 g/mol. The van der Waals surface area contributed by atoms with Crippen molar-refractivity contribution in [3.63, 3.8) is 0 Å². The molecule has 0 saturated heterocycles. The van der Waals surface area contributed by atoms with Crippen LogP contribution in [0.5, 0.6) is 0 Å². The molecule has 5 nitrogen and oxygen atoms in total. The van der Waals surface area contributed by atoms with E-state index in [1.54, 1.807) is 6.92 Å². The Morgan fingerprint density at radius 1 is 1.08 bits per heavy atom. The number of carbonyl (C=O) groups is 1. The molecule has 1 aromatic heterocycles. The van der Waals surface area contributed by atoms with E-state index in [0.717, 1.165) is 22.8 Å². The maximum absolute atomic E-state index is 11.5. The number of anilines is 2. The van der Waals surface area contributed by atoms with Crippen LogP contribution in [0.1, 0.15) is 18.1 Å². The van der Waals surface area contributed by atoms with Gasteiger partial charge in [0.15, 0.2) is 5.82 Å².